The molecule has 0 amide bonds. The second-order valence-electron chi connectivity index (χ2n) is 6.74. The fraction of sp³-hybridized carbons (Fsp3) is 0.529. The van der Waals surface area contributed by atoms with Crippen molar-refractivity contribution in [2.45, 2.75) is 31.1 Å². The summed E-state index contributed by atoms with van der Waals surface area (Å²) in [6, 6.07) is 2.81. The van der Waals surface area contributed by atoms with Gasteiger partial charge in [0.1, 0.15) is 5.82 Å². The first-order valence-electron chi connectivity index (χ1n) is 8.42. The Hall–Kier alpha value is -2.00. The highest BCUT2D eigenvalue weighted by molar-refractivity contribution is 7.89. The molecule has 1 saturated carbocycles. The van der Waals surface area contributed by atoms with Gasteiger partial charge >= 0.3 is 11.9 Å². The number of fused-ring (bicyclic) bond motifs is 1. The highest BCUT2D eigenvalue weighted by Gasteiger charge is 2.57. The van der Waals surface area contributed by atoms with Crippen molar-refractivity contribution in [1.29, 1.82) is 0 Å². The Morgan fingerprint density at radius 1 is 1.38 bits per heavy atom. The predicted molar refractivity (Wildman–Crippen MR) is 88.5 cm³/mol. The van der Waals surface area contributed by atoms with Crippen molar-refractivity contribution in [3.63, 3.8) is 0 Å². The van der Waals surface area contributed by atoms with Crippen LogP contribution in [-0.2, 0) is 19.6 Å². The largest absolute Gasteiger partial charge is 0.481 e. The van der Waals surface area contributed by atoms with E-state index in [2.05, 4.69) is 0 Å². The van der Waals surface area contributed by atoms with Gasteiger partial charge in [0.05, 0.1) is 22.5 Å². The highest BCUT2D eigenvalue weighted by atomic mass is 32.2. The van der Waals surface area contributed by atoms with Gasteiger partial charge in [0, 0.05) is 13.1 Å². The molecule has 2 aliphatic rings. The molecule has 1 heterocycles. The van der Waals surface area contributed by atoms with Crippen LogP contribution in [0.4, 0.5) is 4.39 Å². The molecule has 1 N–H and O–H groups in total. The van der Waals surface area contributed by atoms with E-state index in [0.717, 1.165) is 28.9 Å². The van der Waals surface area contributed by atoms with E-state index in [4.69, 9.17) is 4.74 Å². The lowest BCUT2D eigenvalue weighted by Gasteiger charge is -2.23. The standard InChI is InChI=1S/C17H20FNO6S/c1-2-25-15(20)11-6-13(18)8-14(7-11)26(23,24)19-9-12-4-3-5-17(12,10-19)16(21)22/h6-8,12H,2-5,9-10H2,1H3,(H,21,22)/t12-,17+/m0/s1. The van der Waals surface area contributed by atoms with E-state index in [-0.39, 0.29) is 36.1 Å². The Morgan fingerprint density at radius 2 is 2.12 bits per heavy atom. The first kappa shape index (κ1) is 18.8. The molecule has 2 fully saturated rings. The van der Waals surface area contributed by atoms with Crippen LogP contribution in [0.5, 0.6) is 0 Å². The fourth-order valence-electron chi connectivity index (χ4n) is 3.97. The zero-order valence-corrected chi connectivity index (χ0v) is 15.1. The average molecular weight is 385 g/mol. The molecule has 7 nitrogen and oxygen atoms in total. The first-order valence-corrected chi connectivity index (χ1v) is 9.86. The molecule has 0 unspecified atom stereocenters. The summed E-state index contributed by atoms with van der Waals surface area (Å²) in [4.78, 5) is 23.2. The SMILES string of the molecule is CCOC(=O)c1cc(F)cc(S(=O)(=O)N2C[C@@H]3CCC[C@@]3(C(=O)O)C2)c1. The Morgan fingerprint density at radius 3 is 2.73 bits per heavy atom. The van der Waals surface area contributed by atoms with Crippen LogP contribution in [0.2, 0.25) is 0 Å². The molecule has 1 aromatic rings. The number of rotatable bonds is 5. The molecule has 3 rings (SSSR count). The number of nitrogens with zero attached hydrogens (tertiary/aromatic N) is 1. The summed E-state index contributed by atoms with van der Waals surface area (Å²) in [7, 11) is -4.12. The number of halogens is 1. The summed E-state index contributed by atoms with van der Waals surface area (Å²) in [5.41, 5.74) is -1.28. The van der Waals surface area contributed by atoms with E-state index >= 15 is 0 Å². The smallest absolute Gasteiger partial charge is 0.338 e. The summed E-state index contributed by atoms with van der Waals surface area (Å²) in [5.74, 6) is -2.94. The monoisotopic (exact) mass is 385 g/mol. The Bertz CT molecular complexity index is 855. The third kappa shape index (κ3) is 2.99. The van der Waals surface area contributed by atoms with Crippen LogP contribution in [-0.4, -0.2) is 49.5 Å². The van der Waals surface area contributed by atoms with E-state index in [9.17, 15) is 27.5 Å². The number of aliphatic carboxylic acids is 1. The molecule has 0 bridgehead atoms. The lowest BCUT2D eigenvalue weighted by molar-refractivity contribution is -0.149. The minimum absolute atomic E-state index is 0.0758. The van der Waals surface area contributed by atoms with Gasteiger partial charge in [-0.25, -0.2) is 17.6 Å². The van der Waals surface area contributed by atoms with E-state index in [0.29, 0.717) is 12.8 Å². The van der Waals surface area contributed by atoms with Crippen LogP contribution < -0.4 is 0 Å². The molecule has 0 spiro atoms. The number of sulfonamides is 1. The van der Waals surface area contributed by atoms with Gasteiger partial charge < -0.3 is 9.84 Å². The quantitative estimate of drug-likeness (QED) is 0.777. The van der Waals surface area contributed by atoms with Crippen LogP contribution >= 0.6 is 0 Å². The number of esters is 1. The highest BCUT2D eigenvalue weighted by Crippen LogP contribution is 2.50. The number of carbonyl (C=O) groups is 2. The molecule has 26 heavy (non-hydrogen) atoms. The Balaban J connectivity index is 1.94. The number of hydrogen-bond donors (Lipinski definition) is 1. The summed E-state index contributed by atoms with van der Waals surface area (Å²) < 4.78 is 45.6. The number of benzene rings is 1. The van der Waals surface area contributed by atoms with Gasteiger partial charge in [-0.2, -0.15) is 4.31 Å². The van der Waals surface area contributed by atoms with Gasteiger partial charge in [0.25, 0.3) is 0 Å². The molecule has 1 aliphatic heterocycles. The molecular formula is C17H20FNO6S. The fourth-order valence-corrected chi connectivity index (χ4v) is 5.58. The van der Waals surface area contributed by atoms with Crippen LogP contribution in [0.15, 0.2) is 23.1 Å². The second-order valence-corrected chi connectivity index (χ2v) is 8.68. The lowest BCUT2D eigenvalue weighted by Crippen LogP contribution is -2.37. The van der Waals surface area contributed by atoms with Crippen LogP contribution in [0.1, 0.15) is 36.5 Å². The number of carbonyl (C=O) groups excluding carboxylic acids is 1. The van der Waals surface area contributed by atoms with Crippen molar-refractivity contribution >= 4 is 22.0 Å². The van der Waals surface area contributed by atoms with Crippen molar-refractivity contribution in [3.05, 3.63) is 29.6 Å². The molecule has 1 aliphatic carbocycles. The third-order valence-electron chi connectivity index (χ3n) is 5.29. The van der Waals surface area contributed by atoms with Gasteiger partial charge in [0.15, 0.2) is 0 Å². The summed E-state index contributed by atoms with van der Waals surface area (Å²) in [5, 5.41) is 9.61. The van der Waals surface area contributed by atoms with E-state index in [1.807, 2.05) is 0 Å². The minimum Gasteiger partial charge on any atom is -0.481 e. The van der Waals surface area contributed by atoms with Crippen molar-refractivity contribution < 1.29 is 32.2 Å². The molecule has 142 valence electrons. The van der Waals surface area contributed by atoms with Gasteiger partial charge in [-0.1, -0.05) is 6.42 Å². The normalized spacial score (nSPS) is 25.8. The topological polar surface area (TPSA) is 101 Å². The number of carboxylic acid groups (broad SMARTS) is 1. The van der Waals surface area contributed by atoms with Crippen molar-refractivity contribution in [1.82, 2.24) is 4.31 Å². The third-order valence-corrected chi connectivity index (χ3v) is 7.08. The maximum absolute atomic E-state index is 13.9. The molecular weight excluding hydrogens is 365 g/mol. The zero-order chi connectivity index (χ0) is 19.1. The summed E-state index contributed by atoms with van der Waals surface area (Å²) in [6.07, 6.45) is 1.82. The molecule has 9 heteroatoms. The maximum atomic E-state index is 13.9. The summed E-state index contributed by atoms with van der Waals surface area (Å²) in [6.45, 7) is 1.61. The lowest BCUT2D eigenvalue weighted by atomic mass is 9.81. The average Bonchev–Trinajstić information content (AvgIpc) is 3.13. The van der Waals surface area contributed by atoms with Crippen molar-refractivity contribution in [3.8, 4) is 0 Å². The Kier molecular flexibility index (Phi) is 4.78. The first-order chi connectivity index (χ1) is 12.2. The van der Waals surface area contributed by atoms with Crippen LogP contribution in [0.25, 0.3) is 0 Å². The van der Waals surface area contributed by atoms with Crippen LogP contribution in [0.3, 0.4) is 0 Å². The van der Waals surface area contributed by atoms with E-state index in [1.54, 1.807) is 6.92 Å². The molecule has 1 aromatic carbocycles. The van der Waals surface area contributed by atoms with Crippen LogP contribution in [0, 0.1) is 17.2 Å². The molecule has 2 atom stereocenters. The zero-order valence-electron chi connectivity index (χ0n) is 14.3. The number of ether oxygens (including phenoxy) is 1. The maximum Gasteiger partial charge on any atom is 0.338 e. The van der Waals surface area contributed by atoms with Crippen molar-refractivity contribution in [2.24, 2.45) is 11.3 Å². The van der Waals surface area contributed by atoms with Gasteiger partial charge in [-0.15, -0.1) is 0 Å². The van der Waals surface area contributed by atoms with Gasteiger partial charge in [0.2, 0.25) is 10.0 Å². The Labute approximate surface area is 150 Å². The number of carboxylic acids is 1. The molecule has 0 radical (unpaired) electrons. The van der Waals surface area contributed by atoms with E-state index in [1.165, 1.54) is 0 Å². The minimum atomic E-state index is -4.12. The van der Waals surface area contributed by atoms with Gasteiger partial charge in [-0.05, 0) is 43.9 Å². The van der Waals surface area contributed by atoms with Gasteiger partial charge in [-0.3, -0.25) is 4.79 Å². The predicted octanol–water partition coefficient (Wildman–Crippen LogP) is 1.88. The van der Waals surface area contributed by atoms with E-state index < -0.39 is 33.2 Å². The molecule has 0 aromatic heterocycles. The number of hydrogen-bond acceptors (Lipinski definition) is 5. The van der Waals surface area contributed by atoms with Crippen molar-refractivity contribution in [2.75, 3.05) is 19.7 Å². The second kappa shape index (κ2) is 6.62. The summed E-state index contributed by atoms with van der Waals surface area (Å²) >= 11 is 0. The molecule has 1 saturated heterocycles.